The second-order valence-electron chi connectivity index (χ2n) is 6.27. The number of quaternary nitrogens is 1. The molecule has 0 fully saturated rings. The monoisotopic (exact) mass is 332 g/mol. The standard InChI is InChI=1S/C15H21N7S/c1-4-9(3)16-13-12-10-6-7-21(5-2)8-11(10)23-14(12)22-15(17-13)18-19-20-22/h9H,4-8H2,1-3H3,(H,16,17,18,20)/p+1/t9-/m0/s1. The lowest BCUT2D eigenvalue weighted by Gasteiger charge is -2.22. The fraction of sp³-hybridized carbons (Fsp3) is 0.600. The molecule has 3 aromatic rings. The topological polar surface area (TPSA) is 72.4 Å². The molecule has 122 valence electrons. The largest absolute Gasteiger partial charge is 0.367 e. The van der Waals surface area contributed by atoms with Crippen molar-refractivity contribution >= 4 is 33.1 Å². The molecule has 0 bridgehead atoms. The predicted octanol–water partition coefficient (Wildman–Crippen LogP) is 0.905. The second kappa shape index (κ2) is 5.68. The molecule has 0 saturated carbocycles. The van der Waals surface area contributed by atoms with Gasteiger partial charge in [-0.25, -0.2) is 0 Å². The molecule has 0 amide bonds. The summed E-state index contributed by atoms with van der Waals surface area (Å²) in [6.45, 7) is 10.1. The minimum absolute atomic E-state index is 0.376. The Morgan fingerprint density at radius 2 is 2.26 bits per heavy atom. The van der Waals surface area contributed by atoms with Crippen LogP contribution in [0.2, 0.25) is 0 Å². The number of aromatic nitrogens is 5. The van der Waals surface area contributed by atoms with Crippen LogP contribution in [-0.4, -0.2) is 44.2 Å². The molecule has 7 nitrogen and oxygen atoms in total. The smallest absolute Gasteiger partial charge is 0.276 e. The lowest BCUT2D eigenvalue weighted by atomic mass is 10.0. The Morgan fingerprint density at radius 1 is 1.39 bits per heavy atom. The Balaban J connectivity index is 1.94. The molecule has 4 rings (SSSR count). The molecule has 4 heterocycles. The molecule has 8 heteroatoms. The highest BCUT2D eigenvalue weighted by atomic mass is 32.1. The van der Waals surface area contributed by atoms with Crippen molar-refractivity contribution in [1.29, 1.82) is 0 Å². The summed E-state index contributed by atoms with van der Waals surface area (Å²) in [7, 11) is 0. The lowest BCUT2D eigenvalue weighted by Crippen LogP contribution is -3.11. The summed E-state index contributed by atoms with van der Waals surface area (Å²) in [5, 5.41) is 16.8. The van der Waals surface area contributed by atoms with Crippen LogP contribution in [0, 0.1) is 0 Å². The van der Waals surface area contributed by atoms with Gasteiger partial charge in [-0.15, -0.1) is 11.3 Å². The number of nitrogens with zero attached hydrogens (tertiary/aromatic N) is 5. The van der Waals surface area contributed by atoms with Crippen molar-refractivity contribution in [3.05, 3.63) is 10.4 Å². The van der Waals surface area contributed by atoms with E-state index in [2.05, 4.69) is 46.6 Å². The molecular weight excluding hydrogens is 310 g/mol. The number of thiophene rings is 1. The van der Waals surface area contributed by atoms with Gasteiger partial charge in [-0.05, 0) is 36.3 Å². The van der Waals surface area contributed by atoms with E-state index < -0.39 is 0 Å². The normalized spacial score (nSPS) is 19.2. The summed E-state index contributed by atoms with van der Waals surface area (Å²) in [6.07, 6.45) is 2.16. The minimum Gasteiger partial charge on any atom is -0.367 e. The van der Waals surface area contributed by atoms with Crippen molar-refractivity contribution in [3.63, 3.8) is 0 Å². The second-order valence-corrected chi connectivity index (χ2v) is 7.35. The average molecular weight is 332 g/mol. The van der Waals surface area contributed by atoms with E-state index >= 15 is 0 Å². The molecule has 2 N–H and O–H groups in total. The number of nitrogens with one attached hydrogen (secondary N) is 2. The zero-order valence-corrected chi connectivity index (χ0v) is 14.6. The molecule has 0 aromatic carbocycles. The lowest BCUT2D eigenvalue weighted by molar-refractivity contribution is -0.913. The molecule has 1 unspecified atom stereocenters. The molecular formula is C15H22N7S+. The number of anilines is 1. The van der Waals surface area contributed by atoms with E-state index in [4.69, 9.17) is 0 Å². The van der Waals surface area contributed by atoms with Gasteiger partial charge in [0.2, 0.25) is 0 Å². The van der Waals surface area contributed by atoms with Crippen LogP contribution in [0.15, 0.2) is 0 Å². The average Bonchev–Trinajstić information content (AvgIpc) is 3.17. The third-order valence-corrected chi connectivity index (χ3v) is 6.01. The highest BCUT2D eigenvalue weighted by molar-refractivity contribution is 7.19. The van der Waals surface area contributed by atoms with Gasteiger partial charge in [0, 0.05) is 12.5 Å². The van der Waals surface area contributed by atoms with Gasteiger partial charge in [-0.1, -0.05) is 12.0 Å². The Hall–Kier alpha value is -1.80. The fourth-order valence-corrected chi connectivity index (χ4v) is 4.56. The third kappa shape index (κ3) is 2.36. The molecule has 2 atom stereocenters. The zero-order valence-electron chi connectivity index (χ0n) is 13.8. The predicted molar refractivity (Wildman–Crippen MR) is 91.1 cm³/mol. The highest BCUT2D eigenvalue weighted by Crippen LogP contribution is 2.36. The van der Waals surface area contributed by atoms with Gasteiger partial charge in [0.05, 0.1) is 23.4 Å². The number of hydrogen-bond donors (Lipinski definition) is 2. The summed E-state index contributed by atoms with van der Waals surface area (Å²) < 4.78 is 1.78. The Morgan fingerprint density at radius 3 is 3.04 bits per heavy atom. The zero-order chi connectivity index (χ0) is 16.0. The number of hydrogen-bond acceptors (Lipinski definition) is 6. The number of likely N-dealkylation sites (N-methyl/N-ethyl adjacent to an activating group) is 1. The fourth-order valence-electron chi connectivity index (χ4n) is 3.20. The van der Waals surface area contributed by atoms with Gasteiger partial charge in [0.15, 0.2) is 0 Å². The third-order valence-electron chi connectivity index (χ3n) is 4.80. The van der Waals surface area contributed by atoms with Crippen LogP contribution in [0.3, 0.4) is 0 Å². The highest BCUT2D eigenvalue weighted by Gasteiger charge is 2.27. The van der Waals surface area contributed by atoms with Gasteiger partial charge >= 0.3 is 0 Å². The van der Waals surface area contributed by atoms with Gasteiger partial charge in [0.1, 0.15) is 17.2 Å². The van der Waals surface area contributed by atoms with Gasteiger partial charge in [-0.2, -0.15) is 9.50 Å². The first-order valence-corrected chi connectivity index (χ1v) is 9.15. The first-order valence-electron chi connectivity index (χ1n) is 8.33. The maximum absolute atomic E-state index is 4.69. The van der Waals surface area contributed by atoms with Crippen molar-refractivity contribution in [3.8, 4) is 0 Å². The van der Waals surface area contributed by atoms with E-state index in [0.717, 1.165) is 30.0 Å². The van der Waals surface area contributed by atoms with Crippen LogP contribution >= 0.6 is 11.3 Å². The van der Waals surface area contributed by atoms with Crippen LogP contribution in [0.4, 0.5) is 5.82 Å². The van der Waals surface area contributed by atoms with Crippen LogP contribution in [0.25, 0.3) is 16.0 Å². The summed E-state index contributed by atoms with van der Waals surface area (Å²) >= 11 is 1.82. The van der Waals surface area contributed by atoms with E-state index in [9.17, 15) is 0 Å². The van der Waals surface area contributed by atoms with E-state index in [-0.39, 0.29) is 0 Å². The minimum atomic E-state index is 0.376. The number of fused-ring (bicyclic) bond motifs is 5. The van der Waals surface area contributed by atoms with E-state index in [1.165, 1.54) is 28.9 Å². The maximum atomic E-state index is 4.69. The molecule has 3 aromatic heterocycles. The maximum Gasteiger partial charge on any atom is 0.276 e. The van der Waals surface area contributed by atoms with E-state index in [0.29, 0.717) is 11.8 Å². The Labute approximate surface area is 138 Å². The van der Waals surface area contributed by atoms with E-state index in [1.807, 2.05) is 11.3 Å². The van der Waals surface area contributed by atoms with Gasteiger partial charge in [0.25, 0.3) is 5.78 Å². The van der Waals surface area contributed by atoms with E-state index in [1.54, 1.807) is 9.42 Å². The Bertz CT molecular complexity index is 852. The Kier molecular flexibility index (Phi) is 3.65. The number of rotatable bonds is 4. The van der Waals surface area contributed by atoms with Crippen molar-refractivity contribution in [1.82, 2.24) is 25.0 Å². The molecule has 1 aliphatic rings. The van der Waals surface area contributed by atoms with Crippen LogP contribution in [0.1, 0.15) is 37.6 Å². The molecule has 0 saturated heterocycles. The van der Waals surface area contributed by atoms with Crippen molar-refractivity contribution in [2.24, 2.45) is 0 Å². The summed E-state index contributed by atoms with van der Waals surface area (Å²) in [4.78, 5) is 8.90. The molecule has 0 aliphatic carbocycles. The summed E-state index contributed by atoms with van der Waals surface area (Å²) in [5.41, 5.74) is 1.44. The van der Waals surface area contributed by atoms with Crippen LogP contribution in [0.5, 0.6) is 0 Å². The van der Waals surface area contributed by atoms with Gasteiger partial charge < -0.3 is 10.2 Å². The summed E-state index contributed by atoms with van der Waals surface area (Å²) in [6, 6.07) is 0.376. The molecule has 0 radical (unpaired) electrons. The molecule has 23 heavy (non-hydrogen) atoms. The first kappa shape index (κ1) is 14.8. The van der Waals surface area contributed by atoms with Crippen molar-refractivity contribution in [2.75, 3.05) is 18.4 Å². The van der Waals surface area contributed by atoms with Gasteiger partial charge in [-0.3, -0.25) is 0 Å². The van der Waals surface area contributed by atoms with Crippen LogP contribution in [-0.2, 0) is 13.0 Å². The first-order chi connectivity index (χ1) is 11.2. The SMILES string of the molecule is CC[C@H](C)Nc1nc2nnnn2c2sc3c(c12)CC[NH+](CC)C3. The number of tetrazole rings is 1. The molecule has 0 spiro atoms. The van der Waals surface area contributed by atoms with Crippen molar-refractivity contribution in [2.45, 2.75) is 46.2 Å². The molecule has 1 aliphatic heterocycles. The van der Waals surface area contributed by atoms with Crippen LogP contribution < -0.4 is 10.2 Å². The quantitative estimate of drug-likeness (QED) is 0.743. The summed E-state index contributed by atoms with van der Waals surface area (Å²) in [5.74, 6) is 1.51. The van der Waals surface area contributed by atoms with Crippen molar-refractivity contribution < 1.29 is 4.90 Å².